The summed E-state index contributed by atoms with van der Waals surface area (Å²) < 4.78 is 13.0. The fourth-order valence-electron chi connectivity index (χ4n) is 2.10. The molecule has 1 aromatic heterocycles. The Labute approximate surface area is 122 Å². The number of aliphatic hydroxyl groups excluding tert-OH is 1. The highest BCUT2D eigenvalue weighted by molar-refractivity contribution is 6.31. The van der Waals surface area contributed by atoms with E-state index in [-0.39, 0.29) is 5.82 Å². The van der Waals surface area contributed by atoms with Gasteiger partial charge in [-0.15, -0.1) is 0 Å². The number of hydrogen-bond acceptors (Lipinski definition) is 3. The van der Waals surface area contributed by atoms with Crippen LogP contribution < -0.4 is 0 Å². The molecule has 0 fully saturated rings. The van der Waals surface area contributed by atoms with Gasteiger partial charge in [0.25, 0.3) is 0 Å². The van der Waals surface area contributed by atoms with Crippen LogP contribution in [0.15, 0.2) is 24.3 Å². The third-order valence-corrected chi connectivity index (χ3v) is 3.50. The standard InChI is InChI=1S/C15H16ClFN2O/c1-3-14-12(6-9(2)18-19-14)15(20)7-10-4-5-11(17)8-13(10)16/h4-6,8,15,20H,3,7H2,1-2H3. The third-order valence-electron chi connectivity index (χ3n) is 3.15. The number of hydrogen-bond donors (Lipinski definition) is 1. The van der Waals surface area contributed by atoms with Gasteiger partial charge in [-0.3, -0.25) is 0 Å². The molecule has 0 spiro atoms. The van der Waals surface area contributed by atoms with Crippen LogP contribution in [0, 0.1) is 12.7 Å². The van der Waals surface area contributed by atoms with E-state index >= 15 is 0 Å². The highest BCUT2D eigenvalue weighted by Gasteiger charge is 2.16. The number of nitrogens with zero attached hydrogens (tertiary/aromatic N) is 2. The molecule has 1 aromatic carbocycles. The third kappa shape index (κ3) is 3.32. The zero-order chi connectivity index (χ0) is 14.7. The van der Waals surface area contributed by atoms with Gasteiger partial charge in [-0.05, 0) is 37.1 Å². The Balaban J connectivity index is 2.27. The Morgan fingerprint density at radius 1 is 1.30 bits per heavy atom. The Hall–Kier alpha value is -1.52. The summed E-state index contributed by atoms with van der Waals surface area (Å²) >= 11 is 5.99. The van der Waals surface area contributed by atoms with E-state index in [1.165, 1.54) is 12.1 Å². The molecule has 0 aliphatic carbocycles. The van der Waals surface area contributed by atoms with Crippen molar-refractivity contribution in [1.82, 2.24) is 10.2 Å². The van der Waals surface area contributed by atoms with Gasteiger partial charge in [0.05, 0.1) is 17.5 Å². The first-order chi connectivity index (χ1) is 9.51. The van der Waals surface area contributed by atoms with E-state index in [0.29, 0.717) is 23.4 Å². The molecule has 2 rings (SSSR count). The zero-order valence-corrected chi connectivity index (χ0v) is 12.2. The molecular formula is C15H16ClFN2O. The van der Waals surface area contributed by atoms with E-state index in [2.05, 4.69) is 10.2 Å². The van der Waals surface area contributed by atoms with Crippen LogP contribution >= 0.6 is 11.6 Å². The number of benzene rings is 1. The molecule has 0 radical (unpaired) electrons. The van der Waals surface area contributed by atoms with Crippen molar-refractivity contribution >= 4 is 11.6 Å². The highest BCUT2D eigenvalue weighted by Crippen LogP contribution is 2.26. The van der Waals surface area contributed by atoms with Crippen molar-refractivity contribution in [3.63, 3.8) is 0 Å². The first kappa shape index (κ1) is 14.9. The fraction of sp³-hybridized carbons (Fsp3) is 0.333. The summed E-state index contributed by atoms with van der Waals surface area (Å²) in [5.74, 6) is -0.385. The van der Waals surface area contributed by atoms with Gasteiger partial charge >= 0.3 is 0 Å². The molecular weight excluding hydrogens is 279 g/mol. The Morgan fingerprint density at radius 2 is 2.05 bits per heavy atom. The van der Waals surface area contributed by atoms with Crippen LogP contribution in [0.1, 0.15) is 35.5 Å². The maximum atomic E-state index is 13.0. The minimum atomic E-state index is -0.734. The van der Waals surface area contributed by atoms with E-state index in [1.807, 2.05) is 19.9 Å². The normalized spacial score (nSPS) is 12.4. The van der Waals surface area contributed by atoms with E-state index in [9.17, 15) is 9.50 Å². The number of aliphatic hydroxyl groups is 1. The summed E-state index contributed by atoms with van der Waals surface area (Å²) in [7, 11) is 0. The lowest BCUT2D eigenvalue weighted by atomic mass is 9.99. The maximum Gasteiger partial charge on any atom is 0.124 e. The molecule has 0 saturated heterocycles. The summed E-state index contributed by atoms with van der Waals surface area (Å²) in [6, 6.07) is 6.01. The average molecular weight is 295 g/mol. The van der Waals surface area contributed by atoms with Crippen LogP contribution in [-0.2, 0) is 12.8 Å². The molecule has 20 heavy (non-hydrogen) atoms. The zero-order valence-electron chi connectivity index (χ0n) is 11.4. The molecule has 3 nitrogen and oxygen atoms in total. The highest BCUT2D eigenvalue weighted by atomic mass is 35.5. The topological polar surface area (TPSA) is 46.0 Å². The van der Waals surface area contributed by atoms with Gasteiger partial charge in [0, 0.05) is 17.0 Å². The molecule has 106 valence electrons. The SMILES string of the molecule is CCc1nnc(C)cc1C(O)Cc1ccc(F)cc1Cl. The van der Waals surface area contributed by atoms with Crippen molar-refractivity contribution in [3.8, 4) is 0 Å². The van der Waals surface area contributed by atoms with Crippen molar-refractivity contribution in [2.45, 2.75) is 32.8 Å². The van der Waals surface area contributed by atoms with Crippen molar-refractivity contribution in [1.29, 1.82) is 0 Å². The van der Waals surface area contributed by atoms with Crippen molar-refractivity contribution < 1.29 is 9.50 Å². The van der Waals surface area contributed by atoms with Crippen molar-refractivity contribution in [3.05, 3.63) is 57.6 Å². The second-order valence-electron chi connectivity index (χ2n) is 4.70. The van der Waals surface area contributed by atoms with Crippen molar-refractivity contribution in [2.24, 2.45) is 0 Å². The molecule has 0 saturated carbocycles. The monoisotopic (exact) mass is 294 g/mol. The van der Waals surface area contributed by atoms with E-state index < -0.39 is 6.10 Å². The minimum Gasteiger partial charge on any atom is -0.388 e. The molecule has 1 atom stereocenters. The molecule has 1 N–H and O–H groups in total. The average Bonchev–Trinajstić information content (AvgIpc) is 2.41. The summed E-state index contributed by atoms with van der Waals surface area (Å²) in [5, 5.41) is 18.8. The molecule has 0 bridgehead atoms. The lowest BCUT2D eigenvalue weighted by Gasteiger charge is -2.15. The molecule has 0 aliphatic heterocycles. The second kappa shape index (κ2) is 6.29. The minimum absolute atomic E-state index is 0.317. The quantitative estimate of drug-likeness (QED) is 0.940. The molecule has 0 aliphatic rings. The van der Waals surface area contributed by atoms with Gasteiger partial charge in [0.15, 0.2) is 0 Å². The molecule has 5 heteroatoms. The second-order valence-corrected chi connectivity index (χ2v) is 5.10. The first-order valence-corrected chi connectivity index (χ1v) is 6.84. The van der Waals surface area contributed by atoms with Gasteiger partial charge in [0.2, 0.25) is 0 Å². The van der Waals surface area contributed by atoms with Crippen LogP contribution in [0.4, 0.5) is 4.39 Å². The Morgan fingerprint density at radius 3 is 2.70 bits per heavy atom. The van der Waals surface area contributed by atoms with Crippen LogP contribution in [0.25, 0.3) is 0 Å². The molecule has 2 aromatic rings. The number of rotatable bonds is 4. The van der Waals surface area contributed by atoms with Gasteiger partial charge in [0.1, 0.15) is 5.82 Å². The number of aryl methyl sites for hydroxylation is 2. The first-order valence-electron chi connectivity index (χ1n) is 6.46. The van der Waals surface area contributed by atoms with Gasteiger partial charge in [-0.25, -0.2) is 4.39 Å². The Bertz CT molecular complexity index is 619. The van der Waals surface area contributed by atoms with Crippen LogP contribution in [0.5, 0.6) is 0 Å². The predicted octanol–water partition coefficient (Wildman–Crippen LogP) is 3.42. The number of halogens is 2. The smallest absolute Gasteiger partial charge is 0.124 e. The fourth-order valence-corrected chi connectivity index (χ4v) is 2.35. The summed E-state index contributed by atoms with van der Waals surface area (Å²) in [6.07, 6.45) is 0.274. The summed E-state index contributed by atoms with van der Waals surface area (Å²) in [5.41, 5.74) is 2.97. The Kier molecular flexibility index (Phi) is 4.68. The molecule has 1 heterocycles. The summed E-state index contributed by atoms with van der Waals surface area (Å²) in [4.78, 5) is 0. The van der Waals surface area contributed by atoms with E-state index in [4.69, 9.17) is 11.6 Å². The number of aromatic nitrogens is 2. The van der Waals surface area contributed by atoms with E-state index in [0.717, 1.165) is 17.0 Å². The molecule has 0 amide bonds. The predicted molar refractivity (Wildman–Crippen MR) is 76.2 cm³/mol. The van der Waals surface area contributed by atoms with Crippen LogP contribution in [0.3, 0.4) is 0 Å². The maximum absolute atomic E-state index is 13.0. The van der Waals surface area contributed by atoms with Crippen LogP contribution in [0.2, 0.25) is 5.02 Å². The summed E-state index contributed by atoms with van der Waals surface area (Å²) in [6.45, 7) is 3.79. The molecule has 1 unspecified atom stereocenters. The van der Waals surface area contributed by atoms with Gasteiger partial charge in [-0.2, -0.15) is 10.2 Å². The van der Waals surface area contributed by atoms with Gasteiger partial charge < -0.3 is 5.11 Å². The lowest BCUT2D eigenvalue weighted by molar-refractivity contribution is 0.176. The van der Waals surface area contributed by atoms with Crippen molar-refractivity contribution in [2.75, 3.05) is 0 Å². The van der Waals surface area contributed by atoms with Crippen LogP contribution in [-0.4, -0.2) is 15.3 Å². The van der Waals surface area contributed by atoms with Gasteiger partial charge in [-0.1, -0.05) is 24.6 Å². The van der Waals surface area contributed by atoms with E-state index in [1.54, 1.807) is 6.07 Å². The lowest BCUT2D eigenvalue weighted by Crippen LogP contribution is -2.09. The largest absolute Gasteiger partial charge is 0.388 e.